The molecule has 4 heteroatoms. The van der Waals surface area contributed by atoms with Gasteiger partial charge in [0.1, 0.15) is 0 Å². The summed E-state index contributed by atoms with van der Waals surface area (Å²) in [5.41, 5.74) is 26.7. The fourth-order valence-electron chi connectivity index (χ4n) is 15.8. The summed E-state index contributed by atoms with van der Waals surface area (Å²) in [6.07, 6.45) is 10.4. The zero-order valence-corrected chi connectivity index (χ0v) is 46.5. The van der Waals surface area contributed by atoms with E-state index in [1.54, 1.807) is 0 Å². The summed E-state index contributed by atoms with van der Waals surface area (Å²) in [7, 11) is 0. The Morgan fingerprint density at radius 1 is 0.402 bits per heavy atom. The van der Waals surface area contributed by atoms with E-state index in [9.17, 15) is 0 Å². The highest BCUT2D eigenvalue weighted by Gasteiger charge is 2.45. The van der Waals surface area contributed by atoms with Crippen molar-refractivity contribution < 1.29 is 0 Å². The Morgan fingerprint density at radius 2 is 0.854 bits per heavy atom. The zero-order valence-electron chi connectivity index (χ0n) is 46.5. The van der Waals surface area contributed by atoms with Gasteiger partial charge < -0.3 is 18.3 Å². The van der Waals surface area contributed by atoms with Crippen LogP contribution < -0.4 is 10.6 Å². The van der Waals surface area contributed by atoms with Crippen molar-refractivity contribution in [2.24, 2.45) is 0 Å². The van der Waals surface area contributed by atoms with E-state index in [-0.39, 0.29) is 16.7 Å². The number of para-hydroxylation sites is 5. The van der Waals surface area contributed by atoms with Crippen LogP contribution >= 0.6 is 0 Å². The molecule has 1 unspecified atom stereocenters. The van der Waals surface area contributed by atoms with Crippen LogP contribution in [0.5, 0.6) is 0 Å². The summed E-state index contributed by atoms with van der Waals surface area (Å²) < 4.78 is 10.1. The summed E-state index contributed by atoms with van der Waals surface area (Å²) in [6.45, 7) is 10.0. The van der Waals surface area contributed by atoms with Gasteiger partial charge in [0.25, 0.3) is 0 Å². The number of allylic oxidation sites excluding steroid dienone is 1. The van der Waals surface area contributed by atoms with Crippen LogP contribution in [0, 0.1) is 0 Å². The highest BCUT2D eigenvalue weighted by Crippen LogP contribution is 2.54. The SMILES string of the molecule is CC1(C)C2=c3c(c4cc(-c5ccc(-n6c7ccccc7c7ccccc76)cc5)cc5c4n3-c3c1cc(-c1ccc(-n4c6ccccc6c6ccccc64)cc1)cc3C5(C)C)=CC(c1ccc(-n3c4c(c5ccccc53)C=CCC4)cc1)C2. The van der Waals surface area contributed by atoms with Crippen LogP contribution in [0.15, 0.2) is 224 Å². The van der Waals surface area contributed by atoms with Gasteiger partial charge in [-0.1, -0.05) is 173 Å². The third kappa shape index (κ3) is 6.16. The molecule has 2 aliphatic heterocycles. The van der Waals surface area contributed by atoms with E-state index in [4.69, 9.17) is 0 Å². The number of aromatic nitrogens is 4. The average molecular weight is 1050 g/mol. The Bertz CT molecular complexity index is 5170. The van der Waals surface area contributed by atoms with Gasteiger partial charge in [-0.3, -0.25) is 0 Å². The number of benzene rings is 10. The number of rotatable bonds is 6. The first kappa shape index (κ1) is 46.1. The van der Waals surface area contributed by atoms with Gasteiger partial charge in [0, 0.05) is 82.6 Å². The van der Waals surface area contributed by atoms with Crippen molar-refractivity contribution in [2.75, 3.05) is 0 Å². The molecule has 390 valence electrons. The molecule has 4 nitrogen and oxygen atoms in total. The summed E-state index contributed by atoms with van der Waals surface area (Å²) in [5, 5.41) is 10.6. The molecule has 4 aromatic heterocycles. The molecule has 14 aromatic rings. The van der Waals surface area contributed by atoms with Crippen molar-refractivity contribution >= 4 is 83.1 Å². The Labute approximate surface area is 476 Å². The zero-order chi connectivity index (χ0) is 54.3. The lowest BCUT2D eigenvalue weighted by atomic mass is 9.66. The topological polar surface area (TPSA) is 19.7 Å². The molecule has 0 saturated heterocycles. The van der Waals surface area contributed by atoms with Crippen molar-refractivity contribution in [3.05, 3.63) is 269 Å². The Hall–Kier alpha value is -9.64. The molecular weight excluding hydrogens is 993 g/mol. The summed E-state index contributed by atoms with van der Waals surface area (Å²) in [6, 6.07) is 82.7. The van der Waals surface area contributed by atoms with Crippen molar-refractivity contribution in [2.45, 2.75) is 63.7 Å². The fourth-order valence-corrected chi connectivity index (χ4v) is 15.8. The largest absolute Gasteiger partial charge is 0.313 e. The van der Waals surface area contributed by atoms with Crippen molar-refractivity contribution in [1.29, 1.82) is 0 Å². The normalized spacial score (nSPS) is 16.2. The van der Waals surface area contributed by atoms with E-state index in [1.807, 2.05) is 0 Å². The third-order valence-electron chi connectivity index (χ3n) is 19.8. The molecule has 10 aromatic carbocycles. The minimum absolute atomic E-state index is 0.192. The van der Waals surface area contributed by atoms with Crippen LogP contribution in [0.25, 0.3) is 128 Å². The van der Waals surface area contributed by atoms with E-state index in [0.717, 1.165) is 19.3 Å². The maximum absolute atomic E-state index is 2.73. The third-order valence-corrected chi connectivity index (χ3v) is 19.8. The Kier molecular flexibility index (Phi) is 9.28. The monoisotopic (exact) mass is 1050 g/mol. The Balaban J connectivity index is 0.821. The molecule has 82 heavy (non-hydrogen) atoms. The van der Waals surface area contributed by atoms with Crippen LogP contribution in [0.3, 0.4) is 0 Å². The molecule has 0 amide bonds. The molecule has 0 spiro atoms. The van der Waals surface area contributed by atoms with Gasteiger partial charge >= 0.3 is 0 Å². The average Bonchev–Trinajstić information content (AvgIpc) is 2.15. The highest BCUT2D eigenvalue weighted by atomic mass is 15.0. The lowest BCUT2D eigenvalue weighted by Gasteiger charge is -2.43. The van der Waals surface area contributed by atoms with Crippen molar-refractivity contribution in [1.82, 2.24) is 18.3 Å². The van der Waals surface area contributed by atoms with Crippen LogP contribution in [-0.4, -0.2) is 18.3 Å². The molecule has 2 aliphatic carbocycles. The molecule has 0 saturated carbocycles. The summed E-state index contributed by atoms with van der Waals surface area (Å²) in [5.74, 6) is 0.192. The van der Waals surface area contributed by atoms with Crippen molar-refractivity contribution in [3.8, 4) is 45.0 Å². The lowest BCUT2D eigenvalue weighted by Crippen LogP contribution is -2.46. The minimum atomic E-state index is -0.322. The maximum Gasteiger partial charge on any atom is 0.0582 e. The summed E-state index contributed by atoms with van der Waals surface area (Å²) in [4.78, 5) is 0. The second-order valence-electron chi connectivity index (χ2n) is 24.7. The van der Waals surface area contributed by atoms with Crippen LogP contribution in [0.4, 0.5) is 0 Å². The van der Waals surface area contributed by atoms with Crippen LogP contribution in [0.2, 0.25) is 0 Å². The maximum atomic E-state index is 2.73. The molecule has 0 radical (unpaired) electrons. The first-order valence-corrected chi connectivity index (χ1v) is 29.4. The highest BCUT2D eigenvalue weighted by molar-refractivity contribution is 6.10. The molecule has 0 bridgehead atoms. The fraction of sp³-hybridized carbons (Fsp3) is 0.128. The van der Waals surface area contributed by atoms with E-state index in [2.05, 4.69) is 283 Å². The molecule has 1 atom stereocenters. The minimum Gasteiger partial charge on any atom is -0.313 e. The van der Waals surface area contributed by atoms with Crippen LogP contribution in [0.1, 0.15) is 80.0 Å². The second-order valence-corrected chi connectivity index (χ2v) is 24.7. The number of nitrogens with zero attached hydrogens (tertiary/aromatic N) is 4. The molecule has 4 aliphatic rings. The summed E-state index contributed by atoms with van der Waals surface area (Å²) >= 11 is 0. The smallest absolute Gasteiger partial charge is 0.0582 e. The number of fused-ring (bicyclic) bond motifs is 10. The standard InChI is InChI=1S/C78H58N4/c1-77(2)64-43-50(47-29-35-53(36-30-47)79-68-23-11-5-17-56(68)57-18-6-12-24-69(57)79)41-62-63-42-51(48-31-37-54(38-32-48)80-70-25-13-7-19-58(70)59-20-8-14-26-71(59)80)44-65-75(63)82(74(62)64)76-66(77)45-52(46-67(76)78(65,3)4)49-33-39-55(40-34-49)81-72-27-15-9-21-60(72)61-22-10-16-28-73(61)81/h5-13,15-25,27-43,45-46,51H,14,26,44H2,1-4H3. The first-order valence-electron chi connectivity index (χ1n) is 29.4. The quantitative estimate of drug-likeness (QED) is 0.158. The predicted molar refractivity (Wildman–Crippen MR) is 343 cm³/mol. The van der Waals surface area contributed by atoms with Gasteiger partial charge in [-0.15, -0.1) is 0 Å². The van der Waals surface area contributed by atoms with Gasteiger partial charge in [0.05, 0.1) is 44.1 Å². The lowest BCUT2D eigenvalue weighted by molar-refractivity contribution is 0.587. The van der Waals surface area contributed by atoms with E-state index >= 15 is 0 Å². The Morgan fingerprint density at radius 3 is 1.40 bits per heavy atom. The first-order chi connectivity index (χ1) is 40.2. The van der Waals surface area contributed by atoms with E-state index in [0.29, 0.717) is 0 Å². The van der Waals surface area contributed by atoms with Gasteiger partial charge in [-0.05, 0) is 160 Å². The second kappa shape index (κ2) is 16.5. The van der Waals surface area contributed by atoms with Crippen molar-refractivity contribution in [3.63, 3.8) is 0 Å². The molecule has 18 rings (SSSR count). The van der Waals surface area contributed by atoms with Gasteiger partial charge in [0.2, 0.25) is 0 Å². The molecule has 6 heterocycles. The van der Waals surface area contributed by atoms with Gasteiger partial charge in [-0.2, -0.15) is 0 Å². The van der Waals surface area contributed by atoms with Gasteiger partial charge in [-0.25, -0.2) is 0 Å². The molecule has 0 fully saturated rings. The predicted octanol–water partition coefficient (Wildman–Crippen LogP) is 18.1. The van der Waals surface area contributed by atoms with E-state index < -0.39 is 0 Å². The number of hydrogen-bond acceptors (Lipinski definition) is 0. The number of hydrogen-bond donors (Lipinski definition) is 0. The molecular formula is C78H58N4. The van der Waals surface area contributed by atoms with E-state index in [1.165, 1.54) is 160 Å². The van der Waals surface area contributed by atoms with Crippen LogP contribution in [-0.2, 0) is 17.3 Å². The van der Waals surface area contributed by atoms with Gasteiger partial charge in [0.15, 0.2) is 0 Å². The molecule has 0 N–H and O–H groups in total.